The molecule has 2 heterocycles. The minimum atomic E-state index is -0.517. The number of ether oxygens (including phenoxy) is 1. The number of hydrogen-bond acceptors (Lipinski definition) is 5. The Morgan fingerprint density at radius 1 is 1.35 bits per heavy atom. The van der Waals surface area contributed by atoms with Gasteiger partial charge < -0.3 is 4.74 Å². The smallest absolute Gasteiger partial charge is 0.338 e. The van der Waals surface area contributed by atoms with Gasteiger partial charge in [-0.05, 0) is 25.8 Å². The predicted molar refractivity (Wildman–Crippen MR) is 104 cm³/mol. The van der Waals surface area contributed by atoms with Gasteiger partial charge in [0.15, 0.2) is 5.17 Å². The van der Waals surface area contributed by atoms with Crippen LogP contribution >= 0.6 is 11.8 Å². The number of rotatable bonds is 5. The van der Waals surface area contributed by atoms with Gasteiger partial charge in [-0.15, -0.1) is 0 Å². The first-order valence-electron chi connectivity index (χ1n) is 8.61. The molecule has 1 amide bonds. The molecular formula is C20H22N2O3S. The maximum Gasteiger partial charge on any atom is 0.338 e. The number of amides is 1. The number of carbonyl (C=O) groups is 2. The van der Waals surface area contributed by atoms with E-state index < -0.39 is 12.0 Å². The number of benzene rings is 1. The number of amidine groups is 1. The third kappa shape index (κ3) is 3.21. The molecule has 2 aliphatic heterocycles. The lowest BCUT2D eigenvalue weighted by Gasteiger charge is -2.33. The fourth-order valence-electron chi connectivity index (χ4n) is 3.13. The van der Waals surface area contributed by atoms with Crippen molar-refractivity contribution >= 4 is 28.8 Å². The van der Waals surface area contributed by atoms with Crippen LogP contribution in [0.4, 0.5) is 0 Å². The monoisotopic (exact) mass is 370 g/mol. The molecule has 5 nitrogen and oxygen atoms in total. The van der Waals surface area contributed by atoms with Crippen molar-refractivity contribution in [3.63, 3.8) is 0 Å². The second kappa shape index (κ2) is 7.50. The van der Waals surface area contributed by atoms with Gasteiger partial charge in [-0.1, -0.05) is 61.2 Å². The van der Waals surface area contributed by atoms with Crippen LogP contribution in [0.1, 0.15) is 37.4 Å². The van der Waals surface area contributed by atoms with Crippen LogP contribution in [0.15, 0.2) is 53.2 Å². The van der Waals surface area contributed by atoms with Gasteiger partial charge in [0.1, 0.15) is 6.61 Å². The van der Waals surface area contributed by atoms with Gasteiger partial charge in [-0.2, -0.15) is 0 Å². The summed E-state index contributed by atoms with van der Waals surface area (Å²) in [7, 11) is 0. The van der Waals surface area contributed by atoms with Crippen LogP contribution < -0.4 is 0 Å². The van der Waals surface area contributed by atoms with Crippen molar-refractivity contribution in [3.05, 3.63) is 59.3 Å². The van der Waals surface area contributed by atoms with Gasteiger partial charge in [-0.3, -0.25) is 9.69 Å². The molecule has 0 spiro atoms. The van der Waals surface area contributed by atoms with E-state index in [0.29, 0.717) is 16.4 Å². The zero-order valence-electron chi connectivity index (χ0n) is 15.2. The minimum Gasteiger partial charge on any atom is -0.458 e. The van der Waals surface area contributed by atoms with E-state index in [1.54, 1.807) is 11.8 Å². The fraction of sp³-hybridized carbons (Fsp3) is 0.350. The molecule has 136 valence electrons. The van der Waals surface area contributed by atoms with Gasteiger partial charge in [-0.25, -0.2) is 9.79 Å². The Bertz CT molecular complexity index is 811. The van der Waals surface area contributed by atoms with E-state index in [9.17, 15) is 9.59 Å². The molecule has 1 fully saturated rings. The lowest BCUT2D eigenvalue weighted by atomic mass is 9.93. The number of thioether (sulfide) groups is 1. The molecule has 0 aromatic heterocycles. The van der Waals surface area contributed by atoms with Crippen molar-refractivity contribution in [1.29, 1.82) is 0 Å². The number of aliphatic imine (C=N–C) groups is 1. The van der Waals surface area contributed by atoms with Crippen LogP contribution in [0.25, 0.3) is 0 Å². The summed E-state index contributed by atoms with van der Waals surface area (Å²) in [6, 6.07) is 7.35. The Labute approximate surface area is 157 Å². The molecule has 1 aromatic carbocycles. The largest absolute Gasteiger partial charge is 0.458 e. The van der Waals surface area contributed by atoms with E-state index in [-0.39, 0.29) is 17.8 Å². The highest BCUT2D eigenvalue weighted by Crippen LogP contribution is 2.44. The van der Waals surface area contributed by atoms with Crippen molar-refractivity contribution in [2.45, 2.75) is 38.5 Å². The van der Waals surface area contributed by atoms with Crippen LogP contribution in [0, 0.1) is 6.92 Å². The first-order valence-corrected chi connectivity index (χ1v) is 9.49. The molecule has 26 heavy (non-hydrogen) atoms. The van der Waals surface area contributed by atoms with E-state index in [1.807, 2.05) is 38.1 Å². The van der Waals surface area contributed by atoms with Crippen LogP contribution in [0.3, 0.4) is 0 Å². The van der Waals surface area contributed by atoms with Crippen molar-refractivity contribution in [2.75, 3.05) is 6.61 Å². The topological polar surface area (TPSA) is 59.0 Å². The zero-order valence-corrected chi connectivity index (χ0v) is 16.0. The van der Waals surface area contributed by atoms with E-state index in [4.69, 9.17) is 4.74 Å². The summed E-state index contributed by atoms with van der Waals surface area (Å²) >= 11 is 1.46. The van der Waals surface area contributed by atoms with Gasteiger partial charge in [0.05, 0.1) is 22.6 Å². The molecule has 1 saturated heterocycles. The summed E-state index contributed by atoms with van der Waals surface area (Å²) in [6.07, 6.45) is 2.24. The second-order valence-electron chi connectivity index (χ2n) is 6.32. The van der Waals surface area contributed by atoms with E-state index in [0.717, 1.165) is 17.5 Å². The van der Waals surface area contributed by atoms with Crippen molar-refractivity contribution < 1.29 is 14.3 Å². The number of aryl methyl sites for hydroxylation is 1. The highest BCUT2D eigenvalue weighted by Gasteiger charge is 2.47. The molecule has 0 bridgehead atoms. The van der Waals surface area contributed by atoms with Gasteiger partial charge in [0.2, 0.25) is 5.91 Å². The third-order valence-corrected chi connectivity index (χ3v) is 5.79. The number of esters is 1. The van der Waals surface area contributed by atoms with Crippen molar-refractivity contribution in [2.24, 2.45) is 4.99 Å². The quantitative estimate of drug-likeness (QED) is 0.585. The molecule has 2 atom stereocenters. The summed E-state index contributed by atoms with van der Waals surface area (Å²) in [5.41, 5.74) is 2.99. The normalized spacial score (nSPS) is 22.2. The van der Waals surface area contributed by atoms with Crippen LogP contribution in [-0.2, 0) is 14.3 Å². The average Bonchev–Trinajstić information content (AvgIpc) is 2.94. The fourth-order valence-corrected chi connectivity index (χ4v) is 4.26. The van der Waals surface area contributed by atoms with Gasteiger partial charge in [0.25, 0.3) is 0 Å². The molecule has 0 radical (unpaired) electrons. The first kappa shape index (κ1) is 18.5. The number of carbonyl (C=O) groups excluding carboxylic acids is 2. The molecule has 0 aliphatic carbocycles. The Balaban J connectivity index is 2.10. The minimum absolute atomic E-state index is 0.0108. The maximum atomic E-state index is 12.9. The van der Waals surface area contributed by atoms with Crippen LogP contribution in [-0.4, -0.2) is 33.8 Å². The summed E-state index contributed by atoms with van der Waals surface area (Å²) in [6.45, 7) is 9.47. The van der Waals surface area contributed by atoms with Crippen LogP contribution in [0.5, 0.6) is 0 Å². The third-order valence-electron chi connectivity index (χ3n) is 4.47. The predicted octanol–water partition coefficient (Wildman–Crippen LogP) is 3.76. The van der Waals surface area contributed by atoms with E-state index in [2.05, 4.69) is 11.6 Å². The SMILES string of the molecule is C=CCOC(=O)C1=C(C)N=C2S[C@H](CC)C(=O)N2[C@H]1c1ccc(C)cc1. The lowest BCUT2D eigenvalue weighted by molar-refractivity contribution is -0.139. The van der Waals surface area contributed by atoms with E-state index >= 15 is 0 Å². The number of fused-ring (bicyclic) bond motifs is 1. The second-order valence-corrected chi connectivity index (χ2v) is 7.49. The molecular weight excluding hydrogens is 348 g/mol. The molecule has 0 N–H and O–H groups in total. The number of hydrogen-bond donors (Lipinski definition) is 0. The number of nitrogens with zero attached hydrogens (tertiary/aromatic N) is 2. The summed E-state index contributed by atoms with van der Waals surface area (Å²) in [4.78, 5) is 31.9. The number of allylic oxidation sites excluding steroid dienone is 1. The zero-order chi connectivity index (χ0) is 18.8. The van der Waals surface area contributed by atoms with Crippen LogP contribution in [0.2, 0.25) is 0 Å². The van der Waals surface area contributed by atoms with Gasteiger partial charge >= 0.3 is 5.97 Å². The highest BCUT2D eigenvalue weighted by atomic mass is 32.2. The highest BCUT2D eigenvalue weighted by molar-refractivity contribution is 8.15. The molecule has 2 aliphatic rings. The maximum absolute atomic E-state index is 12.9. The molecule has 0 saturated carbocycles. The Kier molecular flexibility index (Phi) is 5.32. The molecule has 1 aromatic rings. The summed E-state index contributed by atoms with van der Waals surface area (Å²) in [5.74, 6) is -0.475. The van der Waals surface area contributed by atoms with Crippen molar-refractivity contribution in [1.82, 2.24) is 4.90 Å². The standard InChI is InChI=1S/C20H22N2O3S/c1-5-11-25-19(24)16-13(4)21-20-22(18(23)15(6-2)26-20)17(16)14-9-7-12(3)8-10-14/h5,7-10,15,17H,1,6,11H2,2-4H3/t15-,17+/m1/s1. The Morgan fingerprint density at radius 3 is 2.65 bits per heavy atom. The summed E-state index contributed by atoms with van der Waals surface area (Å²) in [5, 5.41) is 0.489. The van der Waals surface area contributed by atoms with Gasteiger partial charge in [0, 0.05) is 0 Å². The molecule has 6 heteroatoms. The summed E-state index contributed by atoms with van der Waals surface area (Å²) < 4.78 is 5.28. The first-order chi connectivity index (χ1) is 12.5. The Morgan fingerprint density at radius 2 is 2.04 bits per heavy atom. The lowest BCUT2D eigenvalue weighted by Crippen LogP contribution is -2.40. The average molecular weight is 370 g/mol. The molecule has 3 rings (SSSR count). The Hall–Kier alpha value is -2.34. The van der Waals surface area contributed by atoms with E-state index in [1.165, 1.54) is 17.8 Å². The van der Waals surface area contributed by atoms with Crippen molar-refractivity contribution in [3.8, 4) is 0 Å². The molecule has 0 unspecified atom stereocenters.